The lowest BCUT2D eigenvalue weighted by molar-refractivity contribution is 0.0940. The van der Waals surface area contributed by atoms with Gasteiger partial charge in [0, 0.05) is 5.56 Å². The molecule has 7 heteroatoms. The zero-order valence-electron chi connectivity index (χ0n) is 17.9. The number of benzene rings is 3. The molecule has 162 valence electrons. The van der Waals surface area contributed by atoms with Crippen LogP contribution in [0.1, 0.15) is 45.6 Å². The van der Waals surface area contributed by atoms with E-state index >= 15 is 0 Å². The van der Waals surface area contributed by atoms with Gasteiger partial charge in [0.25, 0.3) is 15.9 Å². The van der Waals surface area contributed by atoms with Crippen molar-refractivity contribution in [1.29, 1.82) is 0 Å². The third-order valence-corrected chi connectivity index (χ3v) is 6.75. The molecular formula is C24H25ClN2O3S. The van der Waals surface area contributed by atoms with Gasteiger partial charge in [0.2, 0.25) is 0 Å². The molecule has 1 unspecified atom stereocenters. The summed E-state index contributed by atoms with van der Waals surface area (Å²) in [4.78, 5) is 12.9. The third-order valence-electron chi connectivity index (χ3n) is 5.06. The molecule has 3 aromatic carbocycles. The van der Waals surface area contributed by atoms with E-state index < -0.39 is 10.0 Å². The van der Waals surface area contributed by atoms with E-state index in [0.29, 0.717) is 5.56 Å². The molecule has 0 aromatic heterocycles. The highest BCUT2D eigenvalue weighted by Gasteiger charge is 2.18. The average Bonchev–Trinajstić information content (AvgIpc) is 2.71. The van der Waals surface area contributed by atoms with Crippen LogP contribution in [-0.4, -0.2) is 14.3 Å². The van der Waals surface area contributed by atoms with E-state index in [2.05, 4.69) is 16.1 Å². The first-order valence-electron chi connectivity index (χ1n) is 9.84. The van der Waals surface area contributed by atoms with E-state index in [1.54, 1.807) is 18.2 Å². The van der Waals surface area contributed by atoms with Crippen molar-refractivity contribution >= 4 is 33.2 Å². The van der Waals surface area contributed by atoms with E-state index in [0.717, 1.165) is 22.3 Å². The molecule has 1 amide bonds. The third kappa shape index (κ3) is 5.46. The number of rotatable bonds is 6. The lowest BCUT2D eigenvalue weighted by Gasteiger charge is -2.18. The van der Waals surface area contributed by atoms with E-state index in [9.17, 15) is 13.2 Å². The summed E-state index contributed by atoms with van der Waals surface area (Å²) < 4.78 is 27.7. The van der Waals surface area contributed by atoms with Crippen LogP contribution in [0.4, 0.5) is 5.69 Å². The van der Waals surface area contributed by atoms with Gasteiger partial charge in [-0.3, -0.25) is 9.52 Å². The number of hydrogen-bond acceptors (Lipinski definition) is 3. The second-order valence-electron chi connectivity index (χ2n) is 7.67. The Labute approximate surface area is 188 Å². The summed E-state index contributed by atoms with van der Waals surface area (Å²) in [5.41, 5.74) is 4.78. The molecule has 0 bridgehead atoms. The first-order chi connectivity index (χ1) is 14.6. The quantitative estimate of drug-likeness (QED) is 0.510. The van der Waals surface area contributed by atoms with Gasteiger partial charge in [0.1, 0.15) is 0 Å². The molecule has 0 radical (unpaired) electrons. The van der Waals surface area contributed by atoms with Gasteiger partial charge in [0.15, 0.2) is 0 Å². The number of amides is 1. The number of sulfonamides is 1. The minimum Gasteiger partial charge on any atom is -0.346 e. The number of aryl methyl sites for hydroxylation is 3. The molecule has 0 spiro atoms. The van der Waals surface area contributed by atoms with Gasteiger partial charge in [-0.25, -0.2) is 8.42 Å². The lowest BCUT2D eigenvalue weighted by Crippen LogP contribution is -2.27. The Morgan fingerprint density at radius 3 is 2.19 bits per heavy atom. The maximum absolute atomic E-state index is 12.7. The van der Waals surface area contributed by atoms with Crippen LogP contribution < -0.4 is 10.0 Å². The molecule has 0 aliphatic rings. The molecule has 3 aromatic rings. The Morgan fingerprint density at radius 2 is 1.55 bits per heavy atom. The van der Waals surface area contributed by atoms with Crippen LogP contribution in [0.5, 0.6) is 0 Å². The maximum Gasteiger partial charge on any atom is 0.261 e. The van der Waals surface area contributed by atoms with Crippen molar-refractivity contribution in [3.8, 4) is 0 Å². The zero-order chi connectivity index (χ0) is 22.8. The van der Waals surface area contributed by atoms with Crippen LogP contribution in [0.2, 0.25) is 5.02 Å². The Kier molecular flexibility index (Phi) is 6.72. The van der Waals surface area contributed by atoms with Crippen molar-refractivity contribution in [1.82, 2.24) is 5.32 Å². The normalized spacial score (nSPS) is 12.3. The molecule has 3 rings (SSSR count). The summed E-state index contributed by atoms with van der Waals surface area (Å²) in [6.07, 6.45) is 0. The molecule has 0 fully saturated rings. The van der Waals surface area contributed by atoms with Crippen LogP contribution in [-0.2, 0) is 10.0 Å². The molecule has 31 heavy (non-hydrogen) atoms. The van der Waals surface area contributed by atoms with Crippen LogP contribution >= 0.6 is 11.6 Å². The largest absolute Gasteiger partial charge is 0.346 e. The molecule has 0 saturated heterocycles. The van der Waals surface area contributed by atoms with Gasteiger partial charge in [-0.2, -0.15) is 0 Å². The molecule has 5 nitrogen and oxygen atoms in total. The van der Waals surface area contributed by atoms with Crippen LogP contribution in [0.15, 0.2) is 65.6 Å². The highest BCUT2D eigenvalue weighted by Crippen LogP contribution is 2.27. The van der Waals surface area contributed by atoms with E-state index in [1.165, 1.54) is 24.3 Å². The van der Waals surface area contributed by atoms with Crippen molar-refractivity contribution in [2.45, 2.75) is 38.6 Å². The SMILES string of the molecule is Cc1ccc(S(=O)(=O)Nc2ccc(C(=O)NC(C)c3cc(C)ccc3C)cc2Cl)cc1. The summed E-state index contributed by atoms with van der Waals surface area (Å²) >= 11 is 6.28. The van der Waals surface area contributed by atoms with Crippen molar-refractivity contribution in [2.75, 3.05) is 4.72 Å². The highest BCUT2D eigenvalue weighted by atomic mass is 35.5. The zero-order valence-corrected chi connectivity index (χ0v) is 19.4. The topological polar surface area (TPSA) is 75.3 Å². The predicted octanol–water partition coefficient (Wildman–Crippen LogP) is 5.56. The van der Waals surface area contributed by atoms with Gasteiger partial charge < -0.3 is 5.32 Å². The second kappa shape index (κ2) is 9.12. The van der Waals surface area contributed by atoms with Crippen molar-refractivity contribution in [2.24, 2.45) is 0 Å². The molecule has 2 N–H and O–H groups in total. The van der Waals surface area contributed by atoms with Gasteiger partial charge in [-0.05, 0) is 69.2 Å². The van der Waals surface area contributed by atoms with Gasteiger partial charge >= 0.3 is 0 Å². The Hall–Kier alpha value is -2.83. The lowest BCUT2D eigenvalue weighted by atomic mass is 9.99. The summed E-state index contributed by atoms with van der Waals surface area (Å²) in [5, 5.41) is 3.11. The fraction of sp³-hybridized carbons (Fsp3) is 0.208. The fourth-order valence-electron chi connectivity index (χ4n) is 3.24. The molecule has 0 aliphatic heterocycles. The summed E-state index contributed by atoms with van der Waals surface area (Å²) in [5.74, 6) is -0.289. The minimum atomic E-state index is -3.78. The Morgan fingerprint density at radius 1 is 0.903 bits per heavy atom. The Bertz CT molecular complexity index is 1220. The smallest absolute Gasteiger partial charge is 0.261 e. The fourth-order valence-corrected chi connectivity index (χ4v) is 4.61. The number of halogens is 1. The van der Waals surface area contributed by atoms with Crippen LogP contribution in [0.3, 0.4) is 0 Å². The van der Waals surface area contributed by atoms with Gasteiger partial charge in [-0.1, -0.05) is 53.1 Å². The number of anilines is 1. The van der Waals surface area contributed by atoms with Crippen LogP contribution in [0.25, 0.3) is 0 Å². The van der Waals surface area contributed by atoms with E-state index in [1.807, 2.05) is 39.8 Å². The van der Waals surface area contributed by atoms with Gasteiger partial charge in [0.05, 0.1) is 21.6 Å². The van der Waals surface area contributed by atoms with E-state index in [4.69, 9.17) is 11.6 Å². The molecule has 1 atom stereocenters. The average molecular weight is 457 g/mol. The Balaban J connectivity index is 1.76. The van der Waals surface area contributed by atoms with Crippen molar-refractivity contribution in [3.63, 3.8) is 0 Å². The highest BCUT2D eigenvalue weighted by molar-refractivity contribution is 7.92. The number of carbonyl (C=O) groups excluding carboxylic acids is 1. The molecule has 0 aliphatic carbocycles. The monoisotopic (exact) mass is 456 g/mol. The minimum absolute atomic E-state index is 0.137. The molecular weight excluding hydrogens is 432 g/mol. The maximum atomic E-state index is 12.7. The summed E-state index contributed by atoms with van der Waals surface area (Å²) in [7, 11) is -3.78. The predicted molar refractivity (Wildman–Crippen MR) is 125 cm³/mol. The van der Waals surface area contributed by atoms with E-state index in [-0.39, 0.29) is 27.6 Å². The number of carbonyl (C=O) groups is 1. The van der Waals surface area contributed by atoms with Gasteiger partial charge in [-0.15, -0.1) is 0 Å². The second-order valence-corrected chi connectivity index (χ2v) is 9.76. The standard InChI is InChI=1S/C24H25ClN2O3S/c1-15-6-10-20(11-7-15)31(29,30)27-23-12-9-19(14-22(23)25)24(28)26-18(4)21-13-16(2)5-8-17(21)3/h5-14,18,27H,1-4H3,(H,26,28). The number of nitrogens with one attached hydrogen (secondary N) is 2. The number of hydrogen-bond donors (Lipinski definition) is 2. The first kappa shape index (κ1) is 22.8. The summed E-state index contributed by atoms with van der Waals surface area (Å²) in [6, 6.07) is 16.9. The molecule has 0 saturated carbocycles. The van der Waals surface area contributed by atoms with Crippen molar-refractivity contribution < 1.29 is 13.2 Å². The first-order valence-corrected chi connectivity index (χ1v) is 11.7. The summed E-state index contributed by atoms with van der Waals surface area (Å²) in [6.45, 7) is 7.81. The molecule has 0 heterocycles. The van der Waals surface area contributed by atoms with Crippen LogP contribution in [0, 0.1) is 20.8 Å². The van der Waals surface area contributed by atoms with Crippen molar-refractivity contribution in [3.05, 3.63) is 93.5 Å².